The predicted octanol–water partition coefficient (Wildman–Crippen LogP) is 1.62. The molecule has 1 aliphatic carbocycles. The lowest BCUT2D eigenvalue weighted by Crippen LogP contribution is -2.43. The Morgan fingerprint density at radius 3 is 2.72 bits per heavy atom. The highest BCUT2D eigenvalue weighted by molar-refractivity contribution is 6.29. The summed E-state index contributed by atoms with van der Waals surface area (Å²) in [7, 11) is 0. The number of hydrogen-bond donors (Lipinski definition) is 0. The topological polar surface area (TPSA) is 93.6 Å². The summed E-state index contributed by atoms with van der Waals surface area (Å²) in [5.41, 5.74) is -1.03. The summed E-state index contributed by atoms with van der Waals surface area (Å²) >= 11 is 5.79. The third-order valence-corrected chi connectivity index (χ3v) is 4.59. The van der Waals surface area contributed by atoms with Crippen molar-refractivity contribution in [3.05, 3.63) is 68.2 Å². The van der Waals surface area contributed by atoms with E-state index in [0.29, 0.717) is 30.1 Å². The number of nitrogens with zero attached hydrogens (tertiary/aromatic N) is 5. The minimum absolute atomic E-state index is 0.289. The molecule has 4 rings (SSSR count). The first-order valence-electron chi connectivity index (χ1n) is 7.68. The van der Waals surface area contributed by atoms with Crippen molar-refractivity contribution in [3.8, 4) is 17.5 Å². The Kier molecular flexibility index (Phi) is 3.44. The Morgan fingerprint density at radius 1 is 1.28 bits per heavy atom. The molecule has 1 fully saturated rings. The highest BCUT2D eigenvalue weighted by Crippen LogP contribution is 2.40. The lowest BCUT2D eigenvalue weighted by Gasteiger charge is -2.16. The largest absolute Gasteiger partial charge is 0.353 e. The van der Waals surface area contributed by atoms with Crippen LogP contribution < -0.4 is 11.2 Å². The molecule has 0 amide bonds. The van der Waals surface area contributed by atoms with Crippen molar-refractivity contribution in [3.63, 3.8) is 0 Å². The molecule has 1 aromatic rings. The van der Waals surface area contributed by atoms with Gasteiger partial charge >= 0.3 is 5.69 Å². The standard InChI is InChI=1S/C17H12ClN5O2/c18-13-4-3-11(8-20-13)9-22-7-1-2-12-14(22)21-16(25)23(15(12)24)17(10-19)5-6-17/h1-4,7-8H,5-6,9H2. The summed E-state index contributed by atoms with van der Waals surface area (Å²) < 4.78 is 2.70. The molecule has 0 radical (unpaired) electrons. The number of hydrogen-bond acceptors (Lipinski definition) is 5. The number of aromatic nitrogens is 4. The molecule has 0 aromatic carbocycles. The first-order valence-corrected chi connectivity index (χ1v) is 8.06. The lowest BCUT2D eigenvalue weighted by molar-refractivity contribution is 0.546. The van der Waals surface area contributed by atoms with Gasteiger partial charge in [-0.2, -0.15) is 10.2 Å². The maximum Gasteiger partial charge on any atom is 0.353 e. The second kappa shape index (κ2) is 5.53. The summed E-state index contributed by atoms with van der Waals surface area (Å²) in [6.07, 6.45) is 4.36. The molecular weight excluding hydrogens is 342 g/mol. The normalized spacial score (nSPS) is 15.0. The van der Waals surface area contributed by atoms with Crippen LogP contribution in [0.15, 0.2) is 46.2 Å². The zero-order chi connectivity index (χ0) is 17.6. The number of nitriles is 1. The van der Waals surface area contributed by atoms with Gasteiger partial charge in [-0.3, -0.25) is 4.79 Å². The molecule has 2 aliphatic heterocycles. The maximum absolute atomic E-state index is 12.8. The molecule has 1 saturated carbocycles. The molecule has 0 bridgehead atoms. The van der Waals surface area contributed by atoms with Gasteiger partial charge in [0, 0.05) is 12.4 Å². The van der Waals surface area contributed by atoms with Crippen molar-refractivity contribution in [1.82, 2.24) is 19.1 Å². The third kappa shape index (κ3) is 2.51. The highest BCUT2D eigenvalue weighted by atomic mass is 35.5. The Hall–Kier alpha value is -2.98. The van der Waals surface area contributed by atoms with Gasteiger partial charge in [-0.1, -0.05) is 17.7 Å². The Labute approximate surface area is 147 Å². The Bertz CT molecular complexity index is 1090. The molecule has 3 heterocycles. The average molecular weight is 354 g/mol. The van der Waals surface area contributed by atoms with Crippen LogP contribution in [0.2, 0.25) is 5.15 Å². The van der Waals surface area contributed by atoms with Crippen LogP contribution in [-0.4, -0.2) is 19.1 Å². The second-order valence-corrected chi connectivity index (χ2v) is 6.43. The van der Waals surface area contributed by atoms with Crippen molar-refractivity contribution in [2.24, 2.45) is 0 Å². The van der Waals surface area contributed by atoms with Gasteiger partial charge in [-0.05, 0) is 36.6 Å². The van der Waals surface area contributed by atoms with Gasteiger partial charge < -0.3 is 4.57 Å². The third-order valence-electron chi connectivity index (χ3n) is 4.37. The van der Waals surface area contributed by atoms with Gasteiger partial charge in [0.05, 0.1) is 18.2 Å². The first-order chi connectivity index (χ1) is 12.0. The van der Waals surface area contributed by atoms with E-state index in [1.807, 2.05) is 6.07 Å². The van der Waals surface area contributed by atoms with E-state index in [9.17, 15) is 14.9 Å². The number of fused-ring (bicyclic) bond motifs is 1. The van der Waals surface area contributed by atoms with Gasteiger partial charge in [0.15, 0.2) is 5.82 Å². The summed E-state index contributed by atoms with van der Waals surface area (Å²) in [5, 5.41) is 9.69. The summed E-state index contributed by atoms with van der Waals surface area (Å²) in [6, 6.07) is 8.89. The fraction of sp³-hybridized carbons (Fsp3) is 0.235. The van der Waals surface area contributed by atoms with Crippen LogP contribution in [0.25, 0.3) is 11.4 Å². The van der Waals surface area contributed by atoms with E-state index in [-0.39, 0.29) is 5.82 Å². The van der Waals surface area contributed by atoms with Crippen LogP contribution in [-0.2, 0) is 12.1 Å². The van der Waals surface area contributed by atoms with Crippen LogP contribution in [0.1, 0.15) is 18.4 Å². The van der Waals surface area contributed by atoms with E-state index in [0.717, 1.165) is 10.1 Å². The van der Waals surface area contributed by atoms with Gasteiger partial charge in [0.1, 0.15) is 10.7 Å². The zero-order valence-electron chi connectivity index (χ0n) is 13.0. The molecule has 3 aliphatic rings. The quantitative estimate of drug-likeness (QED) is 0.667. The number of rotatable bonds is 3. The van der Waals surface area contributed by atoms with Gasteiger partial charge in [-0.25, -0.2) is 14.3 Å². The van der Waals surface area contributed by atoms with E-state index < -0.39 is 16.8 Å². The molecule has 8 heteroatoms. The molecule has 7 nitrogen and oxygen atoms in total. The smallest absolute Gasteiger partial charge is 0.328 e. The van der Waals surface area contributed by atoms with Crippen molar-refractivity contribution >= 4 is 11.6 Å². The fourth-order valence-electron chi connectivity index (χ4n) is 2.89. The van der Waals surface area contributed by atoms with E-state index in [1.165, 1.54) is 0 Å². The van der Waals surface area contributed by atoms with Crippen LogP contribution in [0.3, 0.4) is 0 Å². The van der Waals surface area contributed by atoms with Gasteiger partial charge in [0.2, 0.25) is 0 Å². The monoisotopic (exact) mass is 353 g/mol. The zero-order valence-corrected chi connectivity index (χ0v) is 13.8. The first kappa shape index (κ1) is 15.5. The van der Waals surface area contributed by atoms with E-state index in [1.54, 1.807) is 35.2 Å². The highest BCUT2D eigenvalue weighted by Gasteiger charge is 2.48. The molecule has 0 N–H and O–H groups in total. The molecule has 1 aromatic heterocycles. The Balaban J connectivity index is 1.86. The van der Waals surface area contributed by atoms with Crippen molar-refractivity contribution in [2.45, 2.75) is 24.9 Å². The minimum Gasteiger partial charge on any atom is -0.328 e. The molecule has 25 heavy (non-hydrogen) atoms. The molecule has 0 spiro atoms. The summed E-state index contributed by atoms with van der Waals surface area (Å²) in [5.74, 6) is 0.289. The van der Waals surface area contributed by atoms with Crippen molar-refractivity contribution in [2.75, 3.05) is 0 Å². The molecule has 0 atom stereocenters. The maximum atomic E-state index is 12.8. The molecule has 124 valence electrons. The van der Waals surface area contributed by atoms with Crippen LogP contribution in [0.5, 0.6) is 0 Å². The van der Waals surface area contributed by atoms with Crippen molar-refractivity contribution in [1.29, 1.82) is 5.26 Å². The lowest BCUT2D eigenvalue weighted by atomic mass is 10.2. The van der Waals surface area contributed by atoms with Crippen molar-refractivity contribution < 1.29 is 0 Å². The minimum atomic E-state index is -1.03. The Morgan fingerprint density at radius 2 is 2.08 bits per heavy atom. The van der Waals surface area contributed by atoms with Crippen LogP contribution in [0, 0.1) is 11.3 Å². The second-order valence-electron chi connectivity index (χ2n) is 6.04. The van der Waals surface area contributed by atoms with Gasteiger partial charge in [0.25, 0.3) is 5.56 Å². The van der Waals surface area contributed by atoms with Crippen LogP contribution in [0.4, 0.5) is 0 Å². The predicted molar refractivity (Wildman–Crippen MR) is 90.5 cm³/mol. The molecular formula is C17H12ClN5O2. The fourth-order valence-corrected chi connectivity index (χ4v) is 3.00. The molecule has 0 unspecified atom stereocenters. The number of halogens is 1. The summed E-state index contributed by atoms with van der Waals surface area (Å²) in [4.78, 5) is 33.3. The van der Waals surface area contributed by atoms with E-state index in [4.69, 9.17) is 11.6 Å². The van der Waals surface area contributed by atoms with E-state index in [2.05, 4.69) is 16.0 Å². The SMILES string of the molecule is N#CC1(n2c(=O)nc3n(Cc4ccc(Cl)nc4)cccc-3c2=O)CC1. The average Bonchev–Trinajstić information content (AvgIpc) is 3.39. The summed E-state index contributed by atoms with van der Waals surface area (Å²) in [6.45, 7) is 0.390. The van der Waals surface area contributed by atoms with E-state index >= 15 is 0 Å². The number of pyridine rings is 2. The molecule has 0 saturated heterocycles. The van der Waals surface area contributed by atoms with Gasteiger partial charge in [-0.15, -0.1) is 0 Å². The van der Waals surface area contributed by atoms with Crippen LogP contribution >= 0.6 is 11.6 Å².